The zero-order chi connectivity index (χ0) is 19.5. The molecule has 6 heteroatoms. The van der Waals surface area contributed by atoms with E-state index in [1.807, 2.05) is 13.0 Å². The molecule has 4 rings (SSSR count). The normalized spacial score (nSPS) is 12.8. The van der Waals surface area contributed by atoms with Gasteiger partial charge >= 0.3 is 0 Å². The molecular weight excluding hydrogens is 350 g/mol. The Kier molecular flexibility index (Phi) is 4.73. The molecule has 1 aromatic heterocycles. The highest BCUT2D eigenvalue weighted by Gasteiger charge is 2.20. The summed E-state index contributed by atoms with van der Waals surface area (Å²) >= 11 is 0. The molecule has 138 valence electrons. The van der Waals surface area contributed by atoms with Gasteiger partial charge in [-0.25, -0.2) is 9.97 Å². The van der Waals surface area contributed by atoms with Crippen molar-refractivity contribution in [1.82, 2.24) is 9.97 Å². The van der Waals surface area contributed by atoms with E-state index in [0.717, 1.165) is 25.2 Å². The number of para-hydroxylation sites is 1. The zero-order valence-corrected chi connectivity index (χ0v) is 15.5. The minimum atomic E-state index is -0.355. The standard InChI is InChI=1S/C22H19N5O/c1-15-12-20(21(28)25-19-9-5-4-7-17(19)13-23)26-22(24-15)27-11-10-16-6-2-3-8-18(16)14-27/h2-9,12H,10-11,14H2,1H3,(H,25,28). The molecule has 2 heterocycles. The second-order valence-electron chi connectivity index (χ2n) is 6.75. The molecule has 0 saturated carbocycles. The molecule has 1 aliphatic rings. The number of benzene rings is 2. The molecule has 0 fully saturated rings. The van der Waals surface area contributed by atoms with E-state index < -0.39 is 0 Å². The lowest BCUT2D eigenvalue weighted by Gasteiger charge is -2.29. The van der Waals surface area contributed by atoms with Crippen LogP contribution in [0.5, 0.6) is 0 Å². The van der Waals surface area contributed by atoms with Crippen molar-refractivity contribution in [1.29, 1.82) is 5.26 Å². The number of hydrogen-bond acceptors (Lipinski definition) is 5. The number of aryl methyl sites for hydroxylation is 1. The third-order valence-corrected chi connectivity index (χ3v) is 4.78. The number of nitriles is 1. The first kappa shape index (κ1) is 17.7. The third kappa shape index (κ3) is 3.55. The Morgan fingerprint density at radius 1 is 1.11 bits per heavy atom. The quantitative estimate of drug-likeness (QED) is 0.764. The van der Waals surface area contributed by atoms with E-state index in [9.17, 15) is 10.1 Å². The molecule has 1 aliphatic heterocycles. The van der Waals surface area contributed by atoms with Crippen LogP contribution in [-0.4, -0.2) is 22.4 Å². The first-order valence-corrected chi connectivity index (χ1v) is 9.12. The number of nitrogens with one attached hydrogen (secondary N) is 1. The van der Waals surface area contributed by atoms with Crippen LogP contribution in [0.3, 0.4) is 0 Å². The molecule has 2 aromatic carbocycles. The number of amides is 1. The van der Waals surface area contributed by atoms with E-state index in [4.69, 9.17) is 0 Å². The van der Waals surface area contributed by atoms with E-state index in [0.29, 0.717) is 17.2 Å². The van der Waals surface area contributed by atoms with Gasteiger partial charge in [0.15, 0.2) is 0 Å². The van der Waals surface area contributed by atoms with E-state index in [1.165, 1.54) is 11.1 Å². The summed E-state index contributed by atoms with van der Waals surface area (Å²) in [6, 6.07) is 19.0. The third-order valence-electron chi connectivity index (χ3n) is 4.78. The molecule has 0 radical (unpaired) electrons. The number of carbonyl (C=O) groups excluding carboxylic acids is 1. The van der Waals surface area contributed by atoms with Crippen LogP contribution in [0.15, 0.2) is 54.6 Å². The molecule has 0 aliphatic carbocycles. The summed E-state index contributed by atoms with van der Waals surface area (Å²) < 4.78 is 0. The van der Waals surface area contributed by atoms with Crippen LogP contribution < -0.4 is 10.2 Å². The molecule has 0 saturated heterocycles. The molecule has 28 heavy (non-hydrogen) atoms. The van der Waals surface area contributed by atoms with Crippen LogP contribution in [0, 0.1) is 18.3 Å². The van der Waals surface area contributed by atoms with Gasteiger partial charge in [0.2, 0.25) is 5.95 Å². The molecule has 6 nitrogen and oxygen atoms in total. The topological polar surface area (TPSA) is 81.9 Å². The molecule has 0 bridgehead atoms. The van der Waals surface area contributed by atoms with E-state index in [2.05, 4.69) is 44.5 Å². The fourth-order valence-electron chi connectivity index (χ4n) is 3.35. The van der Waals surface area contributed by atoms with Crippen LogP contribution in [0.1, 0.15) is 32.9 Å². The smallest absolute Gasteiger partial charge is 0.274 e. The van der Waals surface area contributed by atoms with E-state index in [-0.39, 0.29) is 11.6 Å². The maximum absolute atomic E-state index is 12.7. The second-order valence-corrected chi connectivity index (χ2v) is 6.75. The van der Waals surface area contributed by atoms with Crippen LogP contribution in [-0.2, 0) is 13.0 Å². The van der Waals surface area contributed by atoms with Gasteiger partial charge in [-0.1, -0.05) is 36.4 Å². The Morgan fingerprint density at radius 2 is 1.86 bits per heavy atom. The van der Waals surface area contributed by atoms with Gasteiger partial charge in [-0.3, -0.25) is 4.79 Å². The Labute approximate surface area is 163 Å². The van der Waals surface area contributed by atoms with Gasteiger partial charge in [-0.15, -0.1) is 0 Å². The number of fused-ring (bicyclic) bond motifs is 1. The summed E-state index contributed by atoms with van der Waals surface area (Å²) in [5.74, 6) is 0.195. The summed E-state index contributed by atoms with van der Waals surface area (Å²) in [6.07, 6.45) is 0.921. The minimum absolute atomic E-state index is 0.286. The highest BCUT2D eigenvalue weighted by atomic mass is 16.1. The van der Waals surface area contributed by atoms with Crippen molar-refractivity contribution in [2.75, 3.05) is 16.8 Å². The fraction of sp³-hybridized carbons (Fsp3) is 0.182. The summed E-state index contributed by atoms with van der Waals surface area (Å²) in [4.78, 5) is 23.9. The van der Waals surface area contributed by atoms with Crippen molar-refractivity contribution in [2.24, 2.45) is 0 Å². The summed E-state index contributed by atoms with van der Waals surface area (Å²) in [5, 5.41) is 12.0. The number of nitrogens with zero attached hydrogens (tertiary/aromatic N) is 4. The van der Waals surface area contributed by atoms with Crippen molar-refractivity contribution in [3.05, 3.63) is 82.7 Å². The molecule has 1 N–H and O–H groups in total. The van der Waals surface area contributed by atoms with Crippen LogP contribution in [0.25, 0.3) is 0 Å². The summed E-state index contributed by atoms with van der Waals surface area (Å²) in [7, 11) is 0. The van der Waals surface area contributed by atoms with Crippen LogP contribution >= 0.6 is 0 Å². The SMILES string of the molecule is Cc1cc(C(=O)Nc2ccccc2C#N)nc(N2CCc3ccccc3C2)n1. The first-order chi connectivity index (χ1) is 13.6. The molecular formula is C22H19N5O. The monoisotopic (exact) mass is 369 g/mol. The fourth-order valence-corrected chi connectivity index (χ4v) is 3.35. The lowest BCUT2D eigenvalue weighted by atomic mass is 10.0. The van der Waals surface area contributed by atoms with Gasteiger partial charge < -0.3 is 10.2 Å². The van der Waals surface area contributed by atoms with Crippen LogP contribution in [0.4, 0.5) is 11.6 Å². The predicted octanol–water partition coefficient (Wildman–Crippen LogP) is 3.47. The van der Waals surface area contributed by atoms with Gasteiger partial charge in [-0.05, 0) is 42.7 Å². The van der Waals surface area contributed by atoms with Crippen molar-refractivity contribution in [3.8, 4) is 6.07 Å². The summed E-state index contributed by atoms with van der Waals surface area (Å²) in [6.45, 7) is 3.37. The maximum atomic E-state index is 12.7. The number of aromatic nitrogens is 2. The molecule has 0 atom stereocenters. The molecule has 1 amide bonds. The Bertz CT molecular complexity index is 1090. The molecule has 0 unspecified atom stereocenters. The highest BCUT2D eigenvalue weighted by Crippen LogP contribution is 2.23. The Balaban J connectivity index is 1.59. The average molecular weight is 369 g/mol. The second kappa shape index (κ2) is 7.49. The minimum Gasteiger partial charge on any atom is -0.336 e. The number of carbonyl (C=O) groups is 1. The lowest BCUT2D eigenvalue weighted by molar-refractivity contribution is 0.102. The Hall–Kier alpha value is -3.72. The largest absolute Gasteiger partial charge is 0.336 e. The average Bonchev–Trinajstić information content (AvgIpc) is 2.73. The van der Waals surface area contributed by atoms with Crippen molar-refractivity contribution < 1.29 is 4.79 Å². The van der Waals surface area contributed by atoms with Gasteiger partial charge in [-0.2, -0.15) is 5.26 Å². The lowest BCUT2D eigenvalue weighted by Crippen LogP contribution is -2.32. The summed E-state index contributed by atoms with van der Waals surface area (Å²) in [5.41, 5.74) is 4.50. The van der Waals surface area contributed by atoms with Crippen molar-refractivity contribution >= 4 is 17.5 Å². The van der Waals surface area contributed by atoms with Gasteiger partial charge in [0.25, 0.3) is 5.91 Å². The predicted molar refractivity (Wildman–Crippen MR) is 107 cm³/mol. The highest BCUT2D eigenvalue weighted by molar-refractivity contribution is 6.03. The van der Waals surface area contributed by atoms with Gasteiger partial charge in [0.05, 0.1) is 11.3 Å². The number of rotatable bonds is 3. The van der Waals surface area contributed by atoms with Crippen LogP contribution in [0.2, 0.25) is 0 Å². The number of hydrogen-bond donors (Lipinski definition) is 1. The maximum Gasteiger partial charge on any atom is 0.274 e. The molecule has 3 aromatic rings. The Morgan fingerprint density at radius 3 is 2.68 bits per heavy atom. The van der Waals surface area contributed by atoms with E-state index >= 15 is 0 Å². The molecule has 0 spiro atoms. The van der Waals surface area contributed by atoms with Crippen molar-refractivity contribution in [3.63, 3.8) is 0 Å². The van der Waals surface area contributed by atoms with Gasteiger partial charge in [0.1, 0.15) is 11.8 Å². The van der Waals surface area contributed by atoms with E-state index in [1.54, 1.807) is 30.3 Å². The zero-order valence-electron chi connectivity index (χ0n) is 15.5. The van der Waals surface area contributed by atoms with Crippen molar-refractivity contribution in [2.45, 2.75) is 19.9 Å². The number of anilines is 2. The van der Waals surface area contributed by atoms with Gasteiger partial charge in [0, 0.05) is 18.8 Å². The first-order valence-electron chi connectivity index (χ1n) is 9.12.